The highest BCUT2D eigenvalue weighted by molar-refractivity contribution is 4.79. The first-order chi connectivity index (χ1) is 7.68. The van der Waals surface area contributed by atoms with Crippen LogP contribution in [0.15, 0.2) is 0 Å². The first kappa shape index (κ1) is 14.8. The number of alkyl halides is 3. The molecule has 1 rings (SSSR count). The second-order valence-corrected chi connectivity index (χ2v) is 5.77. The summed E-state index contributed by atoms with van der Waals surface area (Å²) in [5.74, 6) is -1.14. The third kappa shape index (κ3) is 5.73. The third-order valence-corrected chi connectivity index (χ3v) is 3.26. The third-order valence-electron chi connectivity index (χ3n) is 3.26. The average molecular weight is 252 g/mol. The first-order valence-electron chi connectivity index (χ1n) is 6.26. The molecule has 1 heterocycles. The van der Waals surface area contributed by atoms with Crippen LogP contribution in [0, 0.1) is 5.92 Å². The summed E-state index contributed by atoms with van der Waals surface area (Å²) in [6, 6.07) is 0. The summed E-state index contributed by atoms with van der Waals surface area (Å²) in [5.41, 5.74) is 5.63. The van der Waals surface area contributed by atoms with Gasteiger partial charge in [0.2, 0.25) is 0 Å². The lowest BCUT2D eigenvalue weighted by Crippen LogP contribution is -2.42. The molecule has 1 unspecified atom stereocenters. The number of rotatable bonds is 4. The van der Waals surface area contributed by atoms with Gasteiger partial charge in [-0.15, -0.1) is 0 Å². The Balaban J connectivity index is 2.30. The van der Waals surface area contributed by atoms with Gasteiger partial charge >= 0.3 is 6.18 Å². The fourth-order valence-corrected chi connectivity index (χ4v) is 2.28. The minimum atomic E-state index is -4.04. The number of likely N-dealkylation sites (tertiary alicyclic amines) is 1. The zero-order valence-corrected chi connectivity index (χ0v) is 10.7. The summed E-state index contributed by atoms with van der Waals surface area (Å²) in [4.78, 5) is 1.92. The van der Waals surface area contributed by atoms with Gasteiger partial charge in [-0.3, -0.25) is 0 Å². The van der Waals surface area contributed by atoms with Crippen molar-refractivity contribution in [3.8, 4) is 0 Å². The molecule has 0 amide bonds. The second kappa shape index (κ2) is 5.57. The molecular formula is C12H23F3N2. The van der Waals surface area contributed by atoms with Crippen LogP contribution in [0.25, 0.3) is 0 Å². The van der Waals surface area contributed by atoms with E-state index in [1.54, 1.807) is 0 Å². The molecule has 1 saturated heterocycles. The van der Waals surface area contributed by atoms with E-state index in [-0.39, 0.29) is 18.5 Å². The number of nitrogens with zero attached hydrogens (tertiary/aromatic N) is 1. The van der Waals surface area contributed by atoms with Gasteiger partial charge in [0.25, 0.3) is 0 Å². The van der Waals surface area contributed by atoms with E-state index in [4.69, 9.17) is 5.73 Å². The fraction of sp³-hybridized carbons (Fsp3) is 1.00. The van der Waals surface area contributed by atoms with Crippen molar-refractivity contribution in [3.05, 3.63) is 0 Å². The van der Waals surface area contributed by atoms with Gasteiger partial charge in [0.05, 0.1) is 5.92 Å². The van der Waals surface area contributed by atoms with Crippen molar-refractivity contribution in [2.45, 2.75) is 51.2 Å². The van der Waals surface area contributed by atoms with E-state index in [2.05, 4.69) is 0 Å². The van der Waals surface area contributed by atoms with E-state index in [9.17, 15) is 13.2 Å². The smallest absolute Gasteiger partial charge is 0.326 e. The summed E-state index contributed by atoms with van der Waals surface area (Å²) >= 11 is 0. The lowest BCUT2D eigenvalue weighted by Gasteiger charge is -2.34. The highest BCUT2D eigenvalue weighted by atomic mass is 19.4. The van der Waals surface area contributed by atoms with Crippen LogP contribution in [-0.2, 0) is 0 Å². The minimum absolute atomic E-state index is 0.161. The van der Waals surface area contributed by atoms with E-state index < -0.39 is 12.1 Å². The monoisotopic (exact) mass is 252 g/mol. The maximum Gasteiger partial charge on any atom is 0.393 e. The molecule has 1 atom stereocenters. The number of piperidine rings is 1. The summed E-state index contributed by atoms with van der Waals surface area (Å²) in [6.45, 7) is 5.57. The van der Waals surface area contributed by atoms with Gasteiger partial charge in [-0.05, 0) is 52.6 Å². The molecule has 0 aromatic carbocycles. The van der Waals surface area contributed by atoms with Crippen molar-refractivity contribution in [1.82, 2.24) is 4.90 Å². The normalized spacial score (nSPS) is 24.0. The zero-order chi connectivity index (χ0) is 13.1. The molecule has 1 aliphatic rings. The summed E-state index contributed by atoms with van der Waals surface area (Å²) in [6.07, 6.45) is -1.39. The highest BCUT2D eigenvalue weighted by Crippen LogP contribution is 2.33. The fourth-order valence-electron chi connectivity index (χ4n) is 2.28. The topological polar surface area (TPSA) is 29.3 Å². The highest BCUT2D eigenvalue weighted by Gasteiger charge is 2.41. The summed E-state index contributed by atoms with van der Waals surface area (Å²) < 4.78 is 37.7. The predicted molar refractivity (Wildman–Crippen MR) is 62.7 cm³/mol. The zero-order valence-electron chi connectivity index (χ0n) is 10.7. The Kier molecular flexibility index (Phi) is 4.84. The van der Waals surface area contributed by atoms with Crippen LogP contribution in [0.2, 0.25) is 0 Å². The number of nitrogens with two attached hydrogens (primary N) is 1. The van der Waals surface area contributed by atoms with E-state index in [1.807, 2.05) is 18.7 Å². The molecule has 0 bridgehead atoms. The molecule has 0 saturated carbocycles. The molecule has 2 N–H and O–H groups in total. The van der Waals surface area contributed by atoms with Crippen molar-refractivity contribution in [2.24, 2.45) is 11.7 Å². The Labute approximate surface area is 101 Å². The van der Waals surface area contributed by atoms with Crippen LogP contribution in [0.3, 0.4) is 0 Å². The lowest BCUT2D eigenvalue weighted by atomic mass is 9.96. The molecule has 102 valence electrons. The van der Waals surface area contributed by atoms with Gasteiger partial charge < -0.3 is 10.6 Å². The predicted octanol–water partition coefficient (Wildman–Crippen LogP) is 2.78. The largest absolute Gasteiger partial charge is 0.393 e. The van der Waals surface area contributed by atoms with Crippen LogP contribution in [0.5, 0.6) is 0 Å². The molecule has 1 aliphatic heterocycles. The van der Waals surface area contributed by atoms with E-state index in [0.29, 0.717) is 6.42 Å². The molecule has 2 nitrogen and oxygen atoms in total. The Bertz CT molecular complexity index is 233. The maximum atomic E-state index is 12.6. The molecule has 17 heavy (non-hydrogen) atoms. The Morgan fingerprint density at radius 1 is 1.29 bits per heavy atom. The summed E-state index contributed by atoms with van der Waals surface area (Å²) in [7, 11) is 0. The number of hydrogen-bond acceptors (Lipinski definition) is 2. The van der Waals surface area contributed by atoms with E-state index in [1.165, 1.54) is 0 Å². The van der Waals surface area contributed by atoms with Crippen molar-refractivity contribution in [3.63, 3.8) is 0 Å². The van der Waals surface area contributed by atoms with Crippen molar-refractivity contribution < 1.29 is 13.2 Å². The summed E-state index contributed by atoms with van der Waals surface area (Å²) in [5, 5.41) is 0. The molecule has 0 radical (unpaired) electrons. The van der Waals surface area contributed by atoms with E-state index >= 15 is 0 Å². The minimum Gasteiger partial charge on any atom is -0.326 e. The quantitative estimate of drug-likeness (QED) is 0.833. The van der Waals surface area contributed by atoms with Crippen LogP contribution in [0.4, 0.5) is 13.2 Å². The van der Waals surface area contributed by atoms with Crippen molar-refractivity contribution >= 4 is 0 Å². The van der Waals surface area contributed by atoms with Crippen LogP contribution < -0.4 is 5.73 Å². The van der Waals surface area contributed by atoms with Crippen LogP contribution in [-0.4, -0.2) is 36.2 Å². The molecule has 0 aromatic rings. The molecule has 0 spiro atoms. The molecule has 5 heteroatoms. The molecule has 0 aliphatic carbocycles. The first-order valence-corrected chi connectivity index (χ1v) is 6.26. The Hall–Kier alpha value is -0.290. The van der Waals surface area contributed by atoms with Crippen molar-refractivity contribution in [1.29, 1.82) is 0 Å². The lowest BCUT2D eigenvalue weighted by molar-refractivity contribution is -0.186. The number of hydrogen-bond donors (Lipinski definition) is 1. The SMILES string of the molecule is CC(C)(N)CCCN1CCCC(C(F)(F)F)C1. The standard InChI is InChI=1S/C12H23F3N2/c1-11(2,16)6-4-8-17-7-3-5-10(9-17)12(13,14)15/h10H,3-9,16H2,1-2H3. The Morgan fingerprint density at radius 3 is 2.47 bits per heavy atom. The molecule has 0 aromatic heterocycles. The Morgan fingerprint density at radius 2 is 1.94 bits per heavy atom. The number of halogens is 3. The van der Waals surface area contributed by atoms with Gasteiger partial charge in [0, 0.05) is 12.1 Å². The molecule has 1 fully saturated rings. The van der Waals surface area contributed by atoms with E-state index in [0.717, 1.165) is 25.9 Å². The average Bonchev–Trinajstić information content (AvgIpc) is 2.15. The van der Waals surface area contributed by atoms with Crippen molar-refractivity contribution in [2.75, 3.05) is 19.6 Å². The van der Waals surface area contributed by atoms with Gasteiger partial charge in [0.15, 0.2) is 0 Å². The second-order valence-electron chi connectivity index (χ2n) is 5.77. The van der Waals surface area contributed by atoms with Gasteiger partial charge in [-0.25, -0.2) is 0 Å². The van der Waals surface area contributed by atoms with Crippen LogP contribution >= 0.6 is 0 Å². The van der Waals surface area contributed by atoms with Gasteiger partial charge in [-0.2, -0.15) is 13.2 Å². The van der Waals surface area contributed by atoms with Crippen LogP contribution in [0.1, 0.15) is 39.5 Å². The van der Waals surface area contributed by atoms with Gasteiger partial charge in [-0.1, -0.05) is 0 Å². The van der Waals surface area contributed by atoms with Gasteiger partial charge in [0.1, 0.15) is 0 Å². The maximum absolute atomic E-state index is 12.6. The molecular weight excluding hydrogens is 229 g/mol.